The molecule has 0 saturated carbocycles. The number of nitrogens with one attached hydrogen (secondary N) is 1. The van der Waals surface area contributed by atoms with Crippen molar-refractivity contribution in [3.8, 4) is 0 Å². The van der Waals surface area contributed by atoms with Crippen molar-refractivity contribution in [2.45, 2.75) is 19.9 Å². The second-order valence-electron chi connectivity index (χ2n) is 4.79. The van der Waals surface area contributed by atoms with Crippen LogP contribution in [0.15, 0.2) is 36.4 Å². The predicted octanol–water partition coefficient (Wildman–Crippen LogP) is 4.35. The molecule has 0 heterocycles. The first-order valence-electron chi connectivity index (χ1n) is 6.35. The van der Waals surface area contributed by atoms with Gasteiger partial charge in [-0.25, -0.2) is 8.78 Å². The van der Waals surface area contributed by atoms with Crippen LogP contribution in [0.5, 0.6) is 0 Å². The monoisotopic (exact) mass is 292 g/mol. The lowest BCUT2D eigenvalue weighted by Crippen LogP contribution is -2.09. The number of nitro benzene ring substituents is 1. The SMILES string of the molecule is Cc1cc(F)c(C(C)Nc2ccc([N+](=O)[O-])cc2)cc1F. The number of hydrogen-bond acceptors (Lipinski definition) is 3. The number of halogens is 2. The first-order chi connectivity index (χ1) is 9.88. The summed E-state index contributed by atoms with van der Waals surface area (Å²) in [6.45, 7) is 3.19. The van der Waals surface area contributed by atoms with Gasteiger partial charge in [-0.3, -0.25) is 10.1 Å². The van der Waals surface area contributed by atoms with Crippen LogP contribution in [-0.2, 0) is 0 Å². The Kier molecular flexibility index (Phi) is 4.16. The third kappa shape index (κ3) is 3.34. The fourth-order valence-electron chi connectivity index (χ4n) is 2.00. The third-order valence-corrected chi connectivity index (χ3v) is 3.21. The van der Waals surface area contributed by atoms with E-state index in [1.807, 2.05) is 0 Å². The molecule has 2 aromatic rings. The van der Waals surface area contributed by atoms with E-state index in [0.717, 1.165) is 12.1 Å². The molecule has 0 aliphatic rings. The molecule has 0 radical (unpaired) electrons. The number of anilines is 1. The van der Waals surface area contributed by atoms with Crippen LogP contribution in [0.25, 0.3) is 0 Å². The quantitative estimate of drug-likeness (QED) is 0.673. The normalized spacial score (nSPS) is 12.0. The number of hydrogen-bond donors (Lipinski definition) is 1. The molecule has 1 unspecified atom stereocenters. The molecule has 1 atom stereocenters. The minimum absolute atomic E-state index is 0.0271. The fraction of sp³-hybridized carbons (Fsp3) is 0.200. The Morgan fingerprint density at radius 1 is 1.14 bits per heavy atom. The standard InChI is InChI=1S/C15H14F2N2O2/c1-9-7-15(17)13(8-14(9)16)10(2)18-11-3-5-12(6-4-11)19(20)21/h3-8,10,18H,1-2H3. The van der Waals surface area contributed by atoms with Crippen molar-refractivity contribution in [1.82, 2.24) is 0 Å². The summed E-state index contributed by atoms with van der Waals surface area (Å²) >= 11 is 0. The van der Waals surface area contributed by atoms with E-state index in [9.17, 15) is 18.9 Å². The summed E-state index contributed by atoms with van der Waals surface area (Å²) in [5.41, 5.74) is 1.02. The Labute approximate surface area is 120 Å². The zero-order valence-corrected chi connectivity index (χ0v) is 11.6. The van der Waals surface area contributed by atoms with E-state index in [-0.39, 0.29) is 16.8 Å². The van der Waals surface area contributed by atoms with E-state index < -0.39 is 22.6 Å². The molecule has 0 saturated heterocycles. The molecule has 21 heavy (non-hydrogen) atoms. The van der Waals surface area contributed by atoms with Gasteiger partial charge in [0.05, 0.1) is 11.0 Å². The Morgan fingerprint density at radius 2 is 1.76 bits per heavy atom. The van der Waals surface area contributed by atoms with Crippen LogP contribution in [0.3, 0.4) is 0 Å². The Morgan fingerprint density at radius 3 is 2.33 bits per heavy atom. The number of rotatable bonds is 4. The zero-order valence-electron chi connectivity index (χ0n) is 11.6. The van der Waals surface area contributed by atoms with Gasteiger partial charge in [0.2, 0.25) is 0 Å². The Hall–Kier alpha value is -2.50. The highest BCUT2D eigenvalue weighted by Crippen LogP contribution is 2.25. The maximum absolute atomic E-state index is 13.9. The van der Waals surface area contributed by atoms with Crippen molar-refractivity contribution in [3.05, 3.63) is 69.3 Å². The molecule has 0 aliphatic carbocycles. The number of non-ortho nitro benzene ring substituents is 1. The molecule has 0 amide bonds. The van der Waals surface area contributed by atoms with Crippen molar-refractivity contribution in [3.63, 3.8) is 0 Å². The van der Waals surface area contributed by atoms with E-state index in [0.29, 0.717) is 5.69 Å². The summed E-state index contributed by atoms with van der Waals surface area (Å²) in [6, 6.07) is 7.59. The summed E-state index contributed by atoms with van der Waals surface area (Å²) in [6.07, 6.45) is 0. The summed E-state index contributed by atoms with van der Waals surface area (Å²) in [7, 11) is 0. The van der Waals surface area contributed by atoms with Crippen molar-refractivity contribution in [2.75, 3.05) is 5.32 Å². The Bertz CT molecular complexity index is 672. The van der Waals surface area contributed by atoms with Gasteiger partial charge in [0, 0.05) is 23.4 Å². The molecule has 0 bridgehead atoms. The minimum atomic E-state index is -0.498. The first-order valence-corrected chi connectivity index (χ1v) is 6.35. The van der Waals surface area contributed by atoms with Gasteiger partial charge in [-0.05, 0) is 43.7 Å². The highest BCUT2D eigenvalue weighted by atomic mass is 19.1. The van der Waals surface area contributed by atoms with Crippen LogP contribution in [0.4, 0.5) is 20.2 Å². The van der Waals surface area contributed by atoms with Gasteiger partial charge in [-0.1, -0.05) is 0 Å². The van der Waals surface area contributed by atoms with Gasteiger partial charge in [0.15, 0.2) is 0 Å². The van der Waals surface area contributed by atoms with Crippen LogP contribution in [-0.4, -0.2) is 4.92 Å². The average molecular weight is 292 g/mol. The zero-order chi connectivity index (χ0) is 15.6. The molecule has 110 valence electrons. The van der Waals surface area contributed by atoms with Gasteiger partial charge in [0.25, 0.3) is 5.69 Å². The minimum Gasteiger partial charge on any atom is -0.378 e. The molecule has 1 N–H and O–H groups in total. The van der Waals surface area contributed by atoms with E-state index in [4.69, 9.17) is 0 Å². The molecule has 0 aliphatic heterocycles. The lowest BCUT2D eigenvalue weighted by Gasteiger charge is -2.17. The molecule has 0 aromatic heterocycles. The van der Waals surface area contributed by atoms with E-state index in [1.54, 1.807) is 6.92 Å². The molecule has 6 heteroatoms. The maximum atomic E-state index is 13.9. The number of benzene rings is 2. The van der Waals surface area contributed by atoms with Crippen molar-refractivity contribution >= 4 is 11.4 Å². The number of nitrogens with zero attached hydrogens (tertiary/aromatic N) is 1. The van der Waals surface area contributed by atoms with Gasteiger partial charge in [0.1, 0.15) is 11.6 Å². The summed E-state index contributed by atoms with van der Waals surface area (Å²) in [4.78, 5) is 10.1. The molecule has 2 rings (SSSR count). The van der Waals surface area contributed by atoms with E-state index >= 15 is 0 Å². The smallest absolute Gasteiger partial charge is 0.269 e. The van der Waals surface area contributed by atoms with Gasteiger partial charge >= 0.3 is 0 Å². The molecule has 0 spiro atoms. The van der Waals surface area contributed by atoms with Crippen molar-refractivity contribution < 1.29 is 13.7 Å². The van der Waals surface area contributed by atoms with Crippen LogP contribution < -0.4 is 5.32 Å². The maximum Gasteiger partial charge on any atom is 0.269 e. The largest absolute Gasteiger partial charge is 0.378 e. The summed E-state index contributed by atoms with van der Waals surface area (Å²) in [5, 5.41) is 13.5. The van der Waals surface area contributed by atoms with Gasteiger partial charge in [-0.2, -0.15) is 0 Å². The van der Waals surface area contributed by atoms with Crippen LogP contribution in [0, 0.1) is 28.7 Å². The lowest BCUT2D eigenvalue weighted by atomic mass is 10.0. The first kappa shape index (κ1) is 14.9. The Balaban J connectivity index is 2.19. The third-order valence-electron chi connectivity index (χ3n) is 3.21. The number of aryl methyl sites for hydroxylation is 1. The molecule has 0 fully saturated rings. The number of nitro groups is 1. The molecular formula is C15H14F2N2O2. The topological polar surface area (TPSA) is 55.2 Å². The van der Waals surface area contributed by atoms with E-state index in [2.05, 4.69) is 5.32 Å². The van der Waals surface area contributed by atoms with E-state index in [1.165, 1.54) is 31.2 Å². The highest BCUT2D eigenvalue weighted by molar-refractivity contribution is 5.50. The van der Waals surface area contributed by atoms with Crippen LogP contribution in [0.2, 0.25) is 0 Å². The summed E-state index contributed by atoms with van der Waals surface area (Å²) < 4.78 is 27.4. The van der Waals surface area contributed by atoms with Gasteiger partial charge < -0.3 is 5.32 Å². The predicted molar refractivity (Wildman–Crippen MR) is 76.2 cm³/mol. The van der Waals surface area contributed by atoms with Crippen LogP contribution >= 0.6 is 0 Å². The second-order valence-corrected chi connectivity index (χ2v) is 4.79. The molecule has 2 aromatic carbocycles. The molecular weight excluding hydrogens is 278 g/mol. The lowest BCUT2D eigenvalue weighted by molar-refractivity contribution is -0.384. The summed E-state index contributed by atoms with van der Waals surface area (Å²) in [5.74, 6) is -0.959. The highest BCUT2D eigenvalue weighted by Gasteiger charge is 2.14. The van der Waals surface area contributed by atoms with Crippen LogP contribution in [0.1, 0.15) is 24.1 Å². The van der Waals surface area contributed by atoms with Crippen molar-refractivity contribution in [2.24, 2.45) is 0 Å². The fourth-order valence-corrected chi connectivity index (χ4v) is 2.00. The second kappa shape index (κ2) is 5.87. The molecule has 4 nitrogen and oxygen atoms in total. The van der Waals surface area contributed by atoms with Gasteiger partial charge in [-0.15, -0.1) is 0 Å². The van der Waals surface area contributed by atoms with Crippen molar-refractivity contribution in [1.29, 1.82) is 0 Å². The average Bonchev–Trinajstić information content (AvgIpc) is 2.43.